The average Bonchev–Trinajstić information content (AvgIpc) is 2.42. The molecule has 0 unspecified atom stereocenters. The Morgan fingerprint density at radius 2 is 2.00 bits per heavy atom. The highest BCUT2D eigenvalue weighted by molar-refractivity contribution is 5.73. The maximum absolute atomic E-state index is 5.48. The lowest BCUT2D eigenvalue weighted by atomic mass is 10.3. The Morgan fingerprint density at radius 1 is 1.21 bits per heavy atom. The first kappa shape index (κ1) is 13.9. The minimum Gasteiger partial charge on any atom is -0.379 e. The molecular formula is C15H21N3O. The van der Waals surface area contributed by atoms with E-state index in [4.69, 9.17) is 4.74 Å². The SMILES string of the molecule is CC(C)OCCCNCc1cnc2ccccc2n1. The molecule has 0 aliphatic heterocycles. The van der Waals surface area contributed by atoms with Crippen LogP contribution in [0.15, 0.2) is 30.5 Å². The number of para-hydroxylation sites is 2. The number of aromatic nitrogens is 2. The summed E-state index contributed by atoms with van der Waals surface area (Å²) in [6.45, 7) is 6.59. The van der Waals surface area contributed by atoms with Crippen molar-refractivity contribution >= 4 is 11.0 Å². The van der Waals surface area contributed by atoms with E-state index in [-0.39, 0.29) is 0 Å². The van der Waals surface area contributed by atoms with Crippen LogP contribution in [0.2, 0.25) is 0 Å². The van der Waals surface area contributed by atoms with Crippen molar-refractivity contribution in [2.75, 3.05) is 13.2 Å². The van der Waals surface area contributed by atoms with Gasteiger partial charge < -0.3 is 10.1 Å². The first-order valence-corrected chi connectivity index (χ1v) is 6.78. The normalized spacial score (nSPS) is 11.3. The minimum absolute atomic E-state index is 0.311. The number of rotatable bonds is 7. The van der Waals surface area contributed by atoms with Gasteiger partial charge >= 0.3 is 0 Å². The van der Waals surface area contributed by atoms with Gasteiger partial charge in [-0.15, -0.1) is 0 Å². The number of ether oxygens (including phenoxy) is 1. The Balaban J connectivity index is 1.75. The Bertz CT molecular complexity index is 513. The van der Waals surface area contributed by atoms with Crippen molar-refractivity contribution in [1.82, 2.24) is 15.3 Å². The highest BCUT2D eigenvalue weighted by Crippen LogP contribution is 2.08. The van der Waals surface area contributed by atoms with Gasteiger partial charge in [-0.1, -0.05) is 12.1 Å². The summed E-state index contributed by atoms with van der Waals surface area (Å²) in [4.78, 5) is 8.96. The number of nitrogens with zero attached hydrogens (tertiary/aromatic N) is 2. The Morgan fingerprint density at radius 3 is 2.79 bits per heavy atom. The second-order valence-corrected chi connectivity index (χ2v) is 4.80. The van der Waals surface area contributed by atoms with Crippen molar-refractivity contribution in [3.8, 4) is 0 Å². The molecule has 0 amide bonds. The second-order valence-electron chi connectivity index (χ2n) is 4.80. The van der Waals surface area contributed by atoms with Gasteiger partial charge in [-0.2, -0.15) is 0 Å². The van der Waals surface area contributed by atoms with E-state index >= 15 is 0 Å². The van der Waals surface area contributed by atoms with Gasteiger partial charge in [0.1, 0.15) is 0 Å². The Labute approximate surface area is 114 Å². The molecule has 0 spiro atoms. The van der Waals surface area contributed by atoms with Crippen LogP contribution in [-0.4, -0.2) is 29.2 Å². The molecule has 0 atom stereocenters. The summed E-state index contributed by atoms with van der Waals surface area (Å²) in [5.74, 6) is 0. The third kappa shape index (κ3) is 4.58. The van der Waals surface area contributed by atoms with Gasteiger partial charge in [0.05, 0.1) is 29.0 Å². The largest absolute Gasteiger partial charge is 0.379 e. The summed E-state index contributed by atoms with van der Waals surface area (Å²) in [6, 6.07) is 7.92. The molecule has 0 saturated heterocycles. The zero-order valence-electron chi connectivity index (χ0n) is 11.6. The zero-order valence-corrected chi connectivity index (χ0v) is 11.6. The molecule has 0 saturated carbocycles. The summed E-state index contributed by atoms with van der Waals surface area (Å²) < 4.78 is 5.48. The monoisotopic (exact) mass is 259 g/mol. The van der Waals surface area contributed by atoms with Crippen molar-refractivity contribution in [3.05, 3.63) is 36.2 Å². The molecule has 4 nitrogen and oxygen atoms in total. The molecular weight excluding hydrogens is 238 g/mol. The summed E-state index contributed by atoms with van der Waals surface area (Å²) in [5, 5.41) is 3.36. The number of benzene rings is 1. The second kappa shape index (κ2) is 7.16. The molecule has 1 N–H and O–H groups in total. The van der Waals surface area contributed by atoms with Crippen molar-refractivity contribution < 1.29 is 4.74 Å². The van der Waals surface area contributed by atoms with Crippen LogP contribution in [0, 0.1) is 0 Å². The van der Waals surface area contributed by atoms with Crippen molar-refractivity contribution in [2.45, 2.75) is 32.9 Å². The molecule has 2 aromatic rings. The van der Waals surface area contributed by atoms with Crippen molar-refractivity contribution in [1.29, 1.82) is 0 Å². The van der Waals surface area contributed by atoms with Gasteiger partial charge in [0.15, 0.2) is 0 Å². The maximum Gasteiger partial charge on any atom is 0.0890 e. The summed E-state index contributed by atoms with van der Waals surface area (Å²) >= 11 is 0. The summed E-state index contributed by atoms with van der Waals surface area (Å²) in [5.41, 5.74) is 2.87. The number of nitrogens with one attached hydrogen (secondary N) is 1. The minimum atomic E-state index is 0.311. The van der Waals surface area contributed by atoms with Crippen LogP contribution in [0.4, 0.5) is 0 Å². The van der Waals surface area contributed by atoms with Gasteiger partial charge in [-0.3, -0.25) is 4.98 Å². The molecule has 0 bridgehead atoms. The number of hydrogen-bond acceptors (Lipinski definition) is 4. The predicted molar refractivity (Wildman–Crippen MR) is 76.9 cm³/mol. The summed E-state index contributed by atoms with van der Waals surface area (Å²) in [6.07, 6.45) is 3.16. The molecule has 1 heterocycles. The van der Waals surface area contributed by atoms with E-state index in [9.17, 15) is 0 Å². The standard InChI is InChI=1S/C15H21N3O/c1-12(2)19-9-5-8-16-10-13-11-17-14-6-3-4-7-15(14)18-13/h3-4,6-7,11-12,16H,5,8-10H2,1-2H3. The highest BCUT2D eigenvalue weighted by Gasteiger charge is 1.99. The molecule has 0 radical (unpaired) electrons. The third-order valence-corrected chi connectivity index (χ3v) is 2.75. The molecule has 4 heteroatoms. The lowest BCUT2D eigenvalue weighted by Crippen LogP contribution is -2.18. The van der Waals surface area contributed by atoms with Crippen LogP contribution in [0.5, 0.6) is 0 Å². The van der Waals surface area contributed by atoms with Crippen LogP contribution >= 0.6 is 0 Å². The molecule has 1 aromatic heterocycles. The predicted octanol–water partition coefficient (Wildman–Crippen LogP) is 2.53. The molecule has 0 aliphatic carbocycles. The van der Waals surface area contributed by atoms with Crippen LogP contribution < -0.4 is 5.32 Å². The fraction of sp³-hybridized carbons (Fsp3) is 0.467. The Hall–Kier alpha value is -1.52. The van der Waals surface area contributed by atoms with Gasteiger partial charge in [0.25, 0.3) is 0 Å². The quantitative estimate of drug-likeness (QED) is 0.776. The van der Waals surface area contributed by atoms with Gasteiger partial charge in [-0.05, 0) is 38.9 Å². The van der Waals surface area contributed by atoms with Gasteiger partial charge in [0.2, 0.25) is 0 Å². The fourth-order valence-electron chi connectivity index (χ4n) is 1.81. The molecule has 0 fully saturated rings. The molecule has 1 aromatic carbocycles. The molecule has 102 valence electrons. The van der Waals surface area contributed by atoms with E-state index in [2.05, 4.69) is 29.1 Å². The first-order valence-electron chi connectivity index (χ1n) is 6.78. The van der Waals surface area contributed by atoms with Crippen LogP contribution in [0.1, 0.15) is 26.0 Å². The van der Waals surface area contributed by atoms with Gasteiger partial charge in [-0.25, -0.2) is 4.98 Å². The van der Waals surface area contributed by atoms with Crippen LogP contribution in [0.25, 0.3) is 11.0 Å². The van der Waals surface area contributed by atoms with Crippen molar-refractivity contribution in [3.63, 3.8) is 0 Å². The smallest absolute Gasteiger partial charge is 0.0890 e. The van der Waals surface area contributed by atoms with Crippen LogP contribution in [-0.2, 0) is 11.3 Å². The van der Waals surface area contributed by atoms with Gasteiger partial charge in [0, 0.05) is 13.2 Å². The Kier molecular flexibility index (Phi) is 5.24. The highest BCUT2D eigenvalue weighted by atomic mass is 16.5. The number of fused-ring (bicyclic) bond motifs is 1. The fourth-order valence-corrected chi connectivity index (χ4v) is 1.81. The number of hydrogen-bond donors (Lipinski definition) is 1. The van der Waals surface area contributed by atoms with E-state index in [1.165, 1.54) is 0 Å². The molecule has 0 aliphatic rings. The third-order valence-electron chi connectivity index (χ3n) is 2.75. The topological polar surface area (TPSA) is 47.0 Å². The first-order chi connectivity index (χ1) is 9.25. The van der Waals surface area contributed by atoms with E-state index in [0.29, 0.717) is 6.10 Å². The maximum atomic E-state index is 5.48. The molecule has 19 heavy (non-hydrogen) atoms. The lowest BCUT2D eigenvalue weighted by Gasteiger charge is -2.08. The van der Waals surface area contributed by atoms with E-state index in [1.54, 1.807) is 0 Å². The average molecular weight is 259 g/mol. The lowest BCUT2D eigenvalue weighted by molar-refractivity contribution is 0.0770. The summed E-state index contributed by atoms with van der Waals surface area (Å²) in [7, 11) is 0. The van der Waals surface area contributed by atoms with E-state index in [0.717, 1.165) is 42.8 Å². The van der Waals surface area contributed by atoms with E-state index < -0.39 is 0 Å². The zero-order chi connectivity index (χ0) is 13.5. The van der Waals surface area contributed by atoms with Crippen LogP contribution in [0.3, 0.4) is 0 Å². The molecule has 2 rings (SSSR count). The van der Waals surface area contributed by atoms with E-state index in [1.807, 2.05) is 30.5 Å². The van der Waals surface area contributed by atoms with Crippen molar-refractivity contribution in [2.24, 2.45) is 0 Å².